The maximum absolute atomic E-state index is 11.0. The van der Waals surface area contributed by atoms with Crippen LogP contribution in [-0.2, 0) is 4.79 Å². The van der Waals surface area contributed by atoms with Gasteiger partial charge in [0.2, 0.25) is 5.91 Å². The Balaban J connectivity index is 2.80. The van der Waals surface area contributed by atoms with Gasteiger partial charge in [0, 0.05) is 14.0 Å². The normalized spacial score (nSPS) is 9.47. The fourth-order valence-corrected chi connectivity index (χ4v) is 0.943. The lowest BCUT2D eigenvalue weighted by atomic mass is 10.4. The van der Waals surface area contributed by atoms with E-state index in [4.69, 9.17) is 5.11 Å². The predicted octanol–water partition coefficient (Wildman–Crippen LogP) is 1.15. The maximum atomic E-state index is 11.0. The highest BCUT2D eigenvalue weighted by atomic mass is 16.4. The third-order valence-electron chi connectivity index (χ3n) is 1.82. The number of amides is 2. The highest BCUT2D eigenvalue weighted by Crippen LogP contribution is 2.12. The summed E-state index contributed by atoms with van der Waals surface area (Å²) in [4.78, 5) is 26.6. The summed E-state index contributed by atoms with van der Waals surface area (Å²) >= 11 is 0. The second-order valence-corrected chi connectivity index (χ2v) is 2.91. The van der Waals surface area contributed by atoms with E-state index in [2.05, 4.69) is 10.3 Å². The van der Waals surface area contributed by atoms with Gasteiger partial charge in [0.15, 0.2) is 0 Å². The fourth-order valence-electron chi connectivity index (χ4n) is 0.943. The van der Waals surface area contributed by atoms with E-state index in [-0.39, 0.29) is 5.91 Å². The van der Waals surface area contributed by atoms with E-state index in [0.717, 1.165) is 0 Å². The lowest BCUT2D eigenvalue weighted by Gasteiger charge is -2.13. The SMILES string of the molecule is CC(=O)N(C)c1ccc(NC(=O)O)cn1. The lowest BCUT2D eigenvalue weighted by molar-refractivity contribution is -0.116. The summed E-state index contributed by atoms with van der Waals surface area (Å²) in [5.41, 5.74) is 0.364. The molecule has 1 aromatic heterocycles. The predicted molar refractivity (Wildman–Crippen MR) is 55.0 cm³/mol. The summed E-state index contributed by atoms with van der Waals surface area (Å²) in [5, 5.41) is 10.6. The minimum absolute atomic E-state index is 0.138. The molecular formula is C9H11N3O3. The van der Waals surface area contributed by atoms with E-state index in [0.29, 0.717) is 11.5 Å². The van der Waals surface area contributed by atoms with E-state index in [1.54, 1.807) is 13.1 Å². The number of hydrogen-bond acceptors (Lipinski definition) is 3. The quantitative estimate of drug-likeness (QED) is 0.765. The standard InChI is InChI=1S/C9H11N3O3/c1-6(13)12(2)8-4-3-7(5-10-8)11-9(14)15/h3-5,11H,1-2H3,(H,14,15). The average Bonchev–Trinajstić information content (AvgIpc) is 2.17. The van der Waals surface area contributed by atoms with E-state index in [1.165, 1.54) is 24.1 Å². The number of anilines is 2. The van der Waals surface area contributed by atoms with Gasteiger partial charge in [0.05, 0.1) is 11.9 Å². The van der Waals surface area contributed by atoms with Crippen LogP contribution < -0.4 is 10.2 Å². The van der Waals surface area contributed by atoms with Crippen LogP contribution in [0, 0.1) is 0 Å². The highest BCUT2D eigenvalue weighted by Gasteiger charge is 2.06. The summed E-state index contributed by atoms with van der Waals surface area (Å²) in [6.45, 7) is 1.42. The Morgan fingerprint density at radius 3 is 2.53 bits per heavy atom. The molecule has 0 bridgehead atoms. The second kappa shape index (κ2) is 4.41. The minimum atomic E-state index is -1.15. The van der Waals surface area contributed by atoms with Crippen molar-refractivity contribution >= 4 is 23.5 Å². The van der Waals surface area contributed by atoms with Gasteiger partial charge in [-0.15, -0.1) is 0 Å². The number of aromatic nitrogens is 1. The molecule has 0 aliphatic rings. The Morgan fingerprint density at radius 1 is 1.47 bits per heavy atom. The second-order valence-electron chi connectivity index (χ2n) is 2.91. The van der Waals surface area contributed by atoms with Crippen molar-refractivity contribution in [3.8, 4) is 0 Å². The number of carboxylic acid groups (broad SMARTS) is 1. The van der Waals surface area contributed by atoms with Gasteiger partial charge in [0.1, 0.15) is 5.82 Å². The number of carbonyl (C=O) groups excluding carboxylic acids is 1. The molecule has 15 heavy (non-hydrogen) atoms. The zero-order chi connectivity index (χ0) is 11.4. The van der Waals surface area contributed by atoms with Crippen LogP contribution in [-0.4, -0.2) is 29.1 Å². The lowest BCUT2D eigenvalue weighted by Crippen LogP contribution is -2.23. The topological polar surface area (TPSA) is 82.5 Å². The van der Waals surface area contributed by atoms with Crippen LogP contribution in [0.5, 0.6) is 0 Å². The Labute approximate surface area is 86.5 Å². The molecule has 0 fully saturated rings. The molecule has 6 heteroatoms. The van der Waals surface area contributed by atoms with Crippen molar-refractivity contribution in [3.05, 3.63) is 18.3 Å². The molecule has 0 spiro atoms. The Morgan fingerprint density at radius 2 is 2.13 bits per heavy atom. The van der Waals surface area contributed by atoms with Gasteiger partial charge in [-0.25, -0.2) is 9.78 Å². The summed E-state index contributed by atoms with van der Waals surface area (Å²) in [6.07, 6.45) is 0.201. The van der Waals surface area contributed by atoms with E-state index in [9.17, 15) is 9.59 Å². The molecular weight excluding hydrogens is 198 g/mol. The molecule has 6 nitrogen and oxygen atoms in total. The van der Waals surface area contributed by atoms with Crippen LogP contribution in [0.4, 0.5) is 16.3 Å². The smallest absolute Gasteiger partial charge is 0.409 e. The zero-order valence-corrected chi connectivity index (χ0v) is 8.39. The first kappa shape index (κ1) is 11.0. The number of rotatable bonds is 2. The van der Waals surface area contributed by atoms with Crippen molar-refractivity contribution in [1.29, 1.82) is 0 Å². The zero-order valence-electron chi connectivity index (χ0n) is 8.39. The summed E-state index contributed by atoms with van der Waals surface area (Å²) < 4.78 is 0. The van der Waals surface area contributed by atoms with Gasteiger partial charge in [-0.3, -0.25) is 10.1 Å². The highest BCUT2D eigenvalue weighted by molar-refractivity contribution is 5.90. The van der Waals surface area contributed by atoms with Gasteiger partial charge in [-0.2, -0.15) is 0 Å². The van der Waals surface area contributed by atoms with Crippen molar-refractivity contribution < 1.29 is 14.7 Å². The fraction of sp³-hybridized carbons (Fsp3) is 0.222. The molecule has 0 aliphatic carbocycles. The molecule has 1 aromatic rings. The Kier molecular flexibility index (Phi) is 3.22. The number of nitrogens with zero attached hydrogens (tertiary/aromatic N) is 2. The third-order valence-corrected chi connectivity index (χ3v) is 1.82. The Hall–Kier alpha value is -2.11. The molecule has 0 unspecified atom stereocenters. The third kappa shape index (κ3) is 2.94. The first-order valence-electron chi connectivity index (χ1n) is 4.21. The van der Waals surface area contributed by atoms with Crippen molar-refractivity contribution in [2.75, 3.05) is 17.3 Å². The summed E-state index contributed by atoms with van der Waals surface area (Å²) in [6, 6.07) is 3.10. The van der Waals surface area contributed by atoms with E-state index < -0.39 is 6.09 Å². The molecule has 2 amide bonds. The molecule has 1 heterocycles. The van der Waals surface area contributed by atoms with Gasteiger partial charge in [0.25, 0.3) is 0 Å². The van der Waals surface area contributed by atoms with Crippen LogP contribution >= 0.6 is 0 Å². The molecule has 0 aliphatic heterocycles. The van der Waals surface area contributed by atoms with Crippen LogP contribution in [0.25, 0.3) is 0 Å². The monoisotopic (exact) mass is 209 g/mol. The van der Waals surface area contributed by atoms with Gasteiger partial charge in [-0.05, 0) is 12.1 Å². The first-order valence-corrected chi connectivity index (χ1v) is 4.21. The number of nitrogens with one attached hydrogen (secondary N) is 1. The summed E-state index contributed by atoms with van der Waals surface area (Å²) in [5.74, 6) is 0.333. The molecule has 2 N–H and O–H groups in total. The van der Waals surface area contributed by atoms with Gasteiger partial charge >= 0.3 is 6.09 Å². The molecule has 0 atom stereocenters. The first-order chi connectivity index (χ1) is 7.00. The number of pyridine rings is 1. The number of carbonyl (C=O) groups is 2. The Bertz CT molecular complexity index is 375. The van der Waals surface area contributed by atoms with Gasteiger partial charge < -0.3 is 10.0 Å². The van der Waals surface area contributed by atoms with Gasteiger partial charge in [-0.1, -0.05) is 0 Å². The summed E-state index contributed by atoms with van der Waals surface area (Å²) in [7, 11) is 1.59. The van der Waals surface area contributed by atoms with Crippen LogP contribution in [0.3, 0.4) is 0 Å². The van der Waals surface area contributed by atoms with E-state index in [1.807, 2.05) is 0 Å². The molecule has 0 radical (unpaired) electrons. The van der Waals surface area contributed by atoms with Crippen molar-refractivity contribution in [1.82, 2.24) is 4.98 Å². The van der Waals surface area contributed by atoms with Crippen LogP contribution in [0.2, 0.25) is 0 Å². The molecule has 0 saturated heterocycles. The number of hydrogen-bond donors (Lipinski definition) is 2. The van der Waals surface area contributed by atoms with E-state index >= 15 is 0 Å². The van der Waals surface area contributed by atoms with Crippen molar-refractivity contribution in [2.24, 2.45) is 0 Å². The van der Waals surface area contributed by atoms with Crippen LogP contribution in [0.1, 0.15) is 6.92 Å². The largest absolute Gasteiger partial charge is 0.465 e. The molecule has 0 saturated carbocycles. The molecule has 1 rings (SSSR count). The molecule has 0 aromatic carbocycles. The van der Waals surface area contributed by atoms with Crippen molar-refractivity contribution in [3.63, 3.8) is 0 Å². The maximum Gasteiger partial charge on any atom is 0.409 e. The minimum Gasteiger partial charge on any atom is -0.465 e. The van der Waals surface area contributed by atoms with Crippen LogP contribution in [0.15, 0.2) is 18.3 Å². The average molecular weight is 209 g/mol. The van der Waals surface area contributed by atoms with Crippen molar-refractivity contribution in [2.45, 2.75) is 6.92 Å². The molecule has 80 valence electrons.